The monoisotopic (exact) mass is 462 g/mol. The molecule has 0 spiro atoms. The summed E-state index contributed by atoms with van der Waals surface area (Å²) in [5.41, 5.74) is -0.427. The third kappa shape index (κ3) is 3.26. The Morgan fingerprint density at radius 3 is 2.74 bits per heavy atom. The molecule has 3 aromatic rings. The van der Waals surface area contributed by atoms with Crippen LogP contribution < -0.4 is 4.90 Å². The Labute approximate surface area is 193 Å². The second kappa shape index (κ2) is 8.22. The van der Waals surface area contributed by atoms with Crippen molar-refractivity contribution >= 4 is 23.5 Å². The fourth-order valence-corrected chi connectivity index (χ4v) is 4.40. The molecule has 1 atom stereocenters. The van der Waals surface area contributed by atoms with Crippen LogP contribution in [-0.4, -0.2) is 45.0 Å². The van der Waals surface area contributed by atoms with Gasteiger partial charge < -0.3 is 14.2 Å². The number of nitrogens with zero attached hydrogens (tertiary/aromatic N) is 4. The lowest BCUT2D eigenvalue weighted by atomic mass is 9.96. The van der Waals surface area contributed by atoms with Gasteiger partial charge in [0.05, 0.1) is 11.3 Å². The van der Waals surface area contributed by atoms with E-state index >= 15 is 0 Å². The first-order chi connectivity index (χ1) is 16.5. The molecule has 2 amide bonds. The summed E-state index contributed by atoms with van der Waals surface area (Å²) in [6.45, 7) is 3.37. The van der Waals surface area contributed by atoms with Crippen molar-refractivity contribution in [3.63, 3.8) is 0 Å². The molecule has 9 nitrogen and oxygen atoms in total. The largest absolute Gasteiger partial charge is 0.452 e. The highest BCUT2D eigenvalue weighted by atomic mass is 19.1. The van der Waals surface area contributed by atoms with Crippen molar-refractivity contribution in [2.24, 2.45) is 0 Å². The highest BCUT2D eigenvalue weighted by Crippen LogP contribution is 2.45. The molecule has 0 saturated carbocycles. The normalized spacial score (nSPS) is 19.1. The van der Waals surface area contributed by atoms with E-state index in [0.717, 1.165) is 0 Å². The SMILES string of the molecule is C=CCN1C(=O)c2ccccc2N2C(=O)CCC12C(=O)OCc1nc(-c2ccc(F)cc2)no1. The number of rotatable bonds is 6. The van der Waals surface area contributed by atoms with E-state index < -0.39 is 23.4 Å². The van der Waals surface area contributed by atoms with E-state index in [0.29, 0.717) is 16.8 Å². The number of amides is 2. The Balaban J connectivity index is 1.44. The van der Waals surface area contributed by atoms with E-state index in [9.17, 15) is 18.8 Å². The minimum absolute atomic E-state index is 0.0118. The number of carbonyl (C=O) groups is 3. The average Bonchev–Trinajstić information content (AvgIpc) is 3.46. The van der Waals surface area contributed by atoms with Crippen LogP contribution in [0.5, 0.6) is 0 Å². The highest BCUT2D eigenvalue weighted by Gasteiger charge is 2.61. The standard InChI is InChI=1S/C24H19FN4O5/c1-2-13-28-22(31)17-5-3-4-6-18(17)29-20(30)11-12-24(28,29)23(32)33-14-19-26-21(27-34-19)15-7-9-16(25)10-8-15/h2-10H,1,11-14H2. The van der Waals surface area contributed by atoms with E-state index in [-0.39, 0.29) is 43.6 Å². The first-order valence-electron chi connectivity index (χ1n) is 10.6. The van der Waals surface area contributed by atoms with Crippen LogP contribution in [0.3, 0.4) is 0 Å². The van der Waals surface area contributed by atoms with Gasteiger partial charge in [-0.3, -0.25) is 14.5 Å². The maximum absolute atomic E-state index is 13.5. The fraction of sp³-hybridized carbons (Fsp3) is 0.208. The van der Waals surface area contributed by atoms with Crippen LogP contribution in [0.15, 0.2) is 65.7 Å². The van der Waals surface area contributed by atoms with E-state index in [1.165, 1.54) is 40.1 Å². The molecule has 1 saturated heterocycles. The lowest BCUT2D eigenvalue weighted by Gasteiger charge is -2.47. The summed E-state index contributed by atoms with van der Waals surface area (Å²) in [7, 11) is 0. The quantitative estimate of drug-likeness (QED) is 0.409. The molecule has 10 heteroatoms. The smallest absolute Gasteiger partial charge is 0.354 e. The third-order valence-electron chi connectivity index (χ3n) is 5.91. The first kappa shape index (κ1) is 21.5. The van der Waals surface area contributed by atoms with Gasteiger partial charge in [0.15, 0.2) is 6.61 Å². The molecule has 2 aromatic carbocycles. The molecule has 2 aliphatic heterocycles. The van der Waals surface area contributed by atoms with Gasteiger partial charge in [-0.25, -0.2) is 9.18 Å². The second-order valence-corrected chi connectivity index (χ2v) is 7.86. The van der Waals surface area contributed by atoms with E-state index in [1.54, 1.807) is 24.3 Å². The Morgan fingerprint density at radius 2 is 1.97 bits per heavy atom. The molecule has 1 unspecified atom stereocenters. The van der Waals surface area contributed by atoms with Crippen LogP contribution >= 0.6 is 0 Å². The van der Waals surface area contributed by atoms with Crippen LogP contribution in [0.4, 0.5) is 10.1 Å². The van der Waals surface area contributed by atoms with Gasteiger partial charge in [0, 0.05) is 24.9 Å². The minimum atomic E-state index is -1.64. The zero-order valence-electron chi connectivity index (χ0n) is 17.9. The topological polar surface area (TPSA) is 106 Å². The summed E-state index contributed by atoms with van der Waals surface area (Å²) < 4.78 is 23.8. The minimum Gasteiger partial charge on any atom is -0.452 e. The Hall–Kier alpha value is -4.34. The molecule has 0 N–H and O–H groups in total. The molecular formula is C24H19FN4O5. The lowest BCUT2D eigenvalue weighted by molar-refractivity contribution is -0.159. The fourth-order valence-electron chi connectivity index (χ4n) is 4.40. The van der Waals surface area contributed by atoms with Gasteiger partial charge in [0.1, 0.15) is 5.82 Å². The summed E-state index contributed by atoms with van der Waals surface area (Å²) in [4.78, 5) is 46.5. The molecule has 172 valence electrons. The van der Waals surface area contributed by atoms with Crippen LogP contribution in [0.1, 0.15) is 29.1 Å². The van der Waals surface area contributed by atoms with Gasteiger partial charge in [-0.15, -0.1) is 6.58 Å². The maximum atomic E-state index is 13.5. The van der Waals surface area contributed by atoms with Gasteiger partial charge in [-0.2, -0.15) is 4.98 Å². The number of halogens is 1. The maximum Gasteiger partial charge on any atom is 0.354 e. The number of aromatic nitrogens is 2. The number of hydrogen-bond donors (Lipinski definition) is 0. The summed E-state index contributed by atoms with van der Waals surface area (Å²) in [5, 5.41) is 3.83. The molecule has 34 heavy (non-hydrogen) atoms. The van der Waals surface area contributed by atoms with Crippen molar-refractivity contribution in [1.82, 2.24) is 15.0 Å². The van der Waals surface area contributed by atoms with Crippen LogP contribution in [0.25, 0.3) is 11.4 Å². The summed E-state index contributed by atoms with van der Waals surface area (Å²) in [6, 6.07) is 12.2. The Bertz CT molecular complexity index is 1300. The van der Waals surface area contributed by atoms with Crippen molar-refractivity contribution < 1.29 is 28.0 Å². The number of anilines is 1. The number of esters is 1. The van der Waals surface area contributed by atoms with Gasteiger partial charge in [-0.05, 0) is 36.4 Å². The number of benzene rings is 2. The van der Waals surface area contributed by atoms with Crippen molar-refractivity contribution in [2.45, 2.75) is 25.1 Å². The molecule has 0 bridgehead atoms. The number of fused-ring (bicyclic) bond motifs is 3. The Kier molecular flexibility index (Phi) is 5.20. The molecule has 1 aromatic heterocycles. The van der Waals surface area contributed by atoms with Gasteiger partial charge in [0.2, 0.25) is 17.4 Å². The first-order valence-corrected chi connectivity index (χ1v) is 10.6. The zero-order valence-corrected chi connectivity index (χ0v) is 17.9. The zero-order chi connectivity index (χ0) is 23.9. The van der Waals surface area contributed by atoms with Crippen molar-refractivity contribution in [3.8, 4) is 11.4 Å². The molecule has 1 fully saturated rings. The van der Waals surface area contributed by atoms with Crippen LogP contribution in [0, 0.1) is 5.82 Å². The number of ether oxygens (including phenoxy) is 1. The second-order valence-electron chi connectivity index (χ2n) is 7.86. The van der Waals surface area contributed by atoms with Gasteiger partial charge in [0.25, 0.3) is 11.8 Å². The van der Waals surface area contributed by atoms with E-state index in [4.69, 9.17) is 9.26 Å². The van der Waals surface area contributed by atoms with Crippen molar-refractivity contribution in [2.75, 3.05) is 11.4 Å². The lowest BCUT2D eigenvalue weighted by Crippen LogP contribution is -2.68. The van der Waals surface area contributed by atoms with Crippen molar-refractivity contribution in [1.29, 1.82) is 0 Å². The number of para-hydroxylation sites is 1. The van der Waals surface area contributed by atoms with E-state index in [1.807, 2.05) is 0 Å². The third-order valence-corrected chi connectivity index (χ3v) is 5.91. The van der Waals surface area contributed by atoms with Gasteiger partial charge in [-0.1, -0.05) is 23.4 Å². The molecule has 2 aliphatic rings. The summed E-state index contributed by atoms with van der Waals surface area (Å²) in [5.74, 6) is -1.65. The summed E-state index contributed by atoms with van der Waals surface area (Å²) in [6.07, 6.45) is 1.64. The summed E-state index contributed by atoms with van der Waals surface area (Å²) >= 11 is 0. The molecule has 0 aliphatic carbocycles. The predicted octanol–water partition coefficient (Wildman–Crippen LogP) is 3.08. The molecule has 0 radical (unpaired) electrons. The van der Waals surface area contributed by atoms with E-state index in [2.05, 4.69) is 16.7 Å². The predicted molar refractivity (Wildman–Crippen MR) is 117 cm³/mol. The number of hydrogen-bond acceptors (Lipinski definition) is 7. The highest BCUT2D eigenvalue weighted by molar-refractivity contribution is 6.15. The van der Waals surface area contributed by atoms with Crippen LogP contribution in [0.2, 0.25) is 0 Å². The van der Waals surface area contributed by atoms with Crippen LogP contribution in [-0.2, 0) is 20.9 Å². The number of carbonyl (C=O) groups excluding carboxylic acids is 3. The average molecular weight is 462 g/mol. The van der Waals surface area contributed by atoms with Crippen molar-refractivity contribution in [3.05, 3.63) is 78.5 Å². The molecule has 5 rings (SSSR count). The molecule has 3 heterocycles. The Morgan fingerprint density at radius 1 is 1.21 bits per heavy atom. The van der Waals surface area contributed by atoms with Gasteiger partial charge >= 0.3 is 5.97 Å². The molecular weight excluding hydrogens is 443 g/mol.